The van der Waals surface area contributed by atoms with E-state index in [2.05, 4.69) is 15.3 Å². The van der Waals surface area contributed by atoms with Gasteiger partial charge in [-0.2, -0.15) is 0 Å². The molecule has 1 amide bonds. The molecule has 0 aliphatic rings. The van der Waals surface area contributed by atoms with Gasteiger partial charge in [-0.1, -0.05) is 11.3 Å². The summed E-state index contributed by atoms with van der Waals surface area (Å²) in [5, 5.41) is 3.27. The van der Waals surface area contributed by atoms with Gasteiger partial charge in [0.25, 0.3) is 0 Å². The van der Waals surface area contributed by atoms with Crippen LogP contribution in [0.5, 0.6) is 5.75 Å². The largest absolute Gasteiger partial charge is 0.494 e. The Morgan fingerprint density at radius 1 is 1.26 bits per heavy atom. The van der Waals surface area contributed by atoms with Crippen LogP contribution in [-0.4, -0.2) is 22.5 Å². The van der Waals surface area contributed by atoms with Gasteiger partial charge in [-0.25, -0.2) is 9.97 Å². The molecule has 0 radical (unpaired) electrons. The van der Waals surface area contributed by atoms with E-state index in [4.69, 9.17) is 4.74 Å². The fourth-order valence-corrected chi connectivity index (χ4v) is 3.24. The van der Waals surface area contributed by atoms with Crippen molar-refractivity contribution in [3.8, 4) is 17.0 Å². The summed E-state index contributed by atoms with van der Waals surface area (Å²) in [6, 6.07) is 9.86. The number of fused-ring (bicyclic) bond motifs is 1. The number of anilines is 1. The van der Waals surface area contributed by atoms with E-state index >= 15 is 0 Å². The number of carbonyl (C=O) groups is 1. The molecular formula is C17H17N3O2S. The monoisotopic (exact) mass is 327 g/mol. The number of rotatable bonds is 4. The number of nitrogens with zero attached hydrogens (tertiary/aromatic N) is 2. The van der Waals surface area contributed by atoms with E-state index in [1.54, 1.807) is 0 Å². The van der Waals surface area contributed by atoms with Gasteiger partial charge >= 0.3 is 0 Å². The Morgan fingerprint density at radius 2 is 2.09 bits per heavy atom. The minimum absolute atomic E-state index is 0.133. The van der Waals surface area contributed by atoms with E-state index in [1.165, 1.54) is 18.3 Å². The van der Waals surface area contributed by atoms with Crippen LogP contribution in [0.2, 0.25) is 0 Å². The number of nitrogens with one attached hydrogen (secondary N) is 1. The van der Waals surface area contributed by atoms with Crippen molar-refractivity contribution < 1.29 is 9.53 Å². The molecule has 0 bridgehead atoms. The predicted molar refractivity (Wildman–Crippen MR) is 93.1 cm³/mol. The van der Waals surface area contributed by atoms with Crippen LogP contribution in [0, 0.1) is 6.92 Å². The summed E-state index contributed by atoms with van der Waals surface area (Å²) >= 11 is 1.37. The molecule has 0 fully saturated rings. The Labute approximate surface area is 138 Å². The maximum absolute atomic E-state index is 11.1. The van der Waals surface area contributed by atoms with Gasteiger partial charge in [0.2, 0.25) is 5.91 Å². The summed E-state index contributed by atoms with van der Waals surface area (Å²) in [7, 11) is 0. The van der Waals surface area contributed by atoms with Crippen LogP contribution in [-0.2, 0) is 4.79 Å². The number of pyridine rings is 1. The number of hydrogen-bond donors (Lipinski definition) is 1. The highest BCUT2D eigenvalue weighted by molar-refractivity contribution is 7.21. The van der Waals surface area contributed by atoms with Crippen molar-refractivity contribution in [2.45, 2.75) is 20.8 Å². The number of carbonyl (C=O) groups excluding carboxylic acids is 1. The van der Waals surface area contributed by atoms with Gasteiger partial charge < -0.3 is 10.1 Å². The molecule has 0 saturated heterocycles. The van der Waals surface area contributed by atoms with E-state index in [0.717, 1.165) is 32.9 Å². The van der Waals surface area contributed by atoms with Gasteiger partial charge in [-0.15, -0.1) is 0 Å². The maximum atomic E-state index is 11.1. The normalized spacial score (nSPS) is 10.7. The third-order valence-corrected chi connectivity index (χ3v) is 4.20. The molecule has 23 heavy (non-hydrogen) atoms. The Morgan fingerprint density at radius 3 is 2.78 bits per heavy atom. The lowest BCUT2D eigenvalue weighted by Gasteiger charge is -2.08. The summed E-state index contributed by atoms with van der Waals surface area (Å²) in [5.41, 5.74) is 3.83. The van der Waals surface area contributed by atoms with Crippen molar-refractivity contribution in [3.63, 3.8) is 0 Å². The molecule has 0 unspecified atom stereocenters. The van der Waals surface area contributed by atoms with Crippen LogP contribution in [0.25, 0.3) is 21.6 Å². The molecule has 118 valence electrons. The molecule has 0 spiro atoms. The van der Waals surface area contributed by atoms with Crippen LogP contribution in [0.15, 0.2) is 30.3 Å². The standard InChI is InChI=1S/C17H17N3O2S/c1-4-22-12-5-6-13(10(2)9-12)14-7-8-15-16(19-14)23-17(20-15)18-11(3)21/h5-9H,4H2,1-3H3,(H,18,20,21). The van der Waals surface area contributed by atoms with Crippen LogP contribution in [0.3, 0.4) is 0 Å². The highest BCUT2D eigenvalue weighted by Crippen LogP contribution is 2.30. The zero-order valence-electron chi connectivity index (χ0n) is 13.2. The van der Waals surface area contributed by atoms with Crippen molar-refractivity contribution in [1.82, 2.24) is 9.97 Å². The minimum atomic E-state index is -0.133. The molecule has 1 aromatic carbocycles. The van der Waals surface area contributed by atoms with Crippen LogP contribution in [0.4, 0.5) is 5.13 Å². The molecule has 6 heteroatoms. The van der Waals surface area contributed by atoms with E-state index in [0.29, 0.717) is 11.7 Å². The SMILES string of the molecule is CCOc1ccc(-c2ccc3nc(NC(C)=O)sc3n2)c(C)c1. The molecule has 0 aliphatic carbocycles. The van der Waals surface area contributed by atoms with E-state index in [-0.39, 0.29) is 5.91 Å². The molecule has 1 N–H and O–H groups in total. The molecular weight excluding hydrogens is 310 g/mol. The lowest BCUT2D eigenvalue weighted by molar-refractivity contribution is -0.114. The maximum Gasteiger partial charge on any atom is 0.223 e. The Kier molecular flexibility index (Phi) is 4.25. The first-order chi connectivity index (χ1) is 11.1. The summed E-state index contributed by atoms with van der Waals surface area (Å²) in [5.74, 6) is 0.729. The number of aromatic nitrogens is 2. The zero-order valence-corrected chi connectivity index (χ0v) is 14.0. The van der Waals surface area contributed by atoms with Crippen molar-refractivity contribution in [2.75, 3.05) is 11.9 Å². The zero-order chi connectivity index (χ0) is 16.4. The van der Waals surface area contributed by atoms with Crippen LogP contribution >= 0.6 is 11.3 Å². The topological polar surface area (TPSA) is 64.1 Å². The quantitative estimate of drug-likeness (QED) is 0.786. The highest BCUT2D eigenvalue weighted by Gasteiger charge is 2.10. The number of benzene rings is 1. The highest BCUT2D eigenvalue weighted by atomic mass is 32.1. The summed E-state index contributed by atoms with van der Waals surface area (Å²) < 4.78 is 5.52. The summed E-state index contributed by atoms with van der Waals surface area (Å²) in [6.07, 6.45) is 0. The van der Waals surface area contributed by atoms with Gasteiger partial charge in [-0.3, -0.25) is 4.79 Å². The molecule has 0 atom stereocenters. The molecule has 3 aromatic rings. The minimum Gasteiger partial charge on any atom is -0.494 e. The lowest BCUT2D eigenvalue weighted by Crippen LogP contribution is -2.04. The van der Waals surface area contributed by atoms with Crippen LogP contribution in [0.1, 0.15) is 19.4 Å². The third kappa shape index (κ3) is 3.32. The fraction of sp³-hybridized carbons (Fsp3) is 0.235. The number of hydrogen-bond acceptors (Lipinski definition) is 5. The molecule has 3 rings (SSSR count). The number of ether oxygens (including phenoxy) is 1. The molecule has 0 aliphatic heterocycles. The average molecular weight is 327 g/mol. The lowest BCUT2D eigenvalue weighted by atomic mass is 10.0. The fourth-order valence-electron chi connectivity index (χ4n) is 2.35. The summed E-state index contributed by atoms with van der Waals surface area (Å²) in [4.78, 5) is 21.0. The van der Waals surface area contributed by atoms with Gasteiger partial charge in [0.15, 0.2) is 5.13 Å². The number of amides is 1. The Hall–Kier alpha value is -2.47. The summed E-state index contributed by atoms with van der Waals surface area (Å²) in [6.45, 7) is 6.12. The van der Waals surface area contributed by atoms with Gasteiger partial charge in [-0.05, 0) is 49.7 Å². The Balaban J connectivity index is 1.98. The van der Waals surface area contributed by atoms with Gasteiger partial charge in [0.1, 0.15) is 16.1 Å². The smallest absolute Gasteiger partial charge is 0.223 e. The number of aryl methyl sites for hydroxylation is 1. The molecule has 2 heterocycles. The third-order valence-electron chi connectivity index (χ3n) is 3.32. The van der Waals surface area contributed by atoms with E-state index in [1.807, 2.05) is 44.2 Å². The molecule has 2 aromatic heterocycles. The van der Waals surface area contributed by atoms with Crippen molar-refractivity contribution in [1.29, 1.82) is 0 Å². The first-order valence-corrected chi connectivity index (χ1v) is 8.17. The van der Waals surface area contributed by atoms with Crippen molar-refractivity contribution >= 4 is 32.7 Å². The molecule has 5 nitrogen and oxygen atoms in total. The van der Waals surface area contributed by atoms with Gasteiger partial charge in [0.05, 0.1) is 12.3 Å². The second kappa shape index (κ2) is 6.34. The van der Waals surface area contributed by atoms with Crippen molar-refractivity contribution in [2.24, 2.45) is 0 Å². The van der Waals surface area contributed by atoms with E-state index < -0.39 is 0 Å². The van der Waals surface area contributed by atoms with E-state index in [9.17, 15) is 4.79 Å². The average Bonchev–Trinajstić information content (AvgIpc) is 2.88. The van der Waals surface area contributed by atoms with Crippen molar-refractivity contribution in [3.05, 3.63) is 35.9 Å². The molecule has 0 saturated carbocycles. The first kappa shape index (κ1) is 15.4. The predicted octanol–water partition coefficient (Wildman–Crippen LogP) is 4.02. The second-order valence-corrected chi connectivity index (χ2v) is 6.11. The first-order valence-electron chi connectivity index (χ1n) is 7.36. The van der Waals surface area contributed by atoms with Crippen LogP contribution < -0.4 is 10.1 Å². The Bertz CT molecular complexity index is 873. The second-order valence-electron chi connectivity index (χ2n) is 5.13. The van der Waals surface area contributed by atoms with Gasteiger partial charge in [0, 0.05) is 12.5 Å². The number of thiazole rings is 1.